The number of aliphatic hydroxyl groups is 1. The van der Waals surface area contributed by atoms with Crippen molar-refractivity contribution in [2.45, 2.75) is 17.9 Å². The molecule has 1 aliphatic rings. The molecule has 1 aliphatic carbocycles. The Morgan fingerprint density at radius 1 is 0.714 bits per heavy atom. The van der Waals surface area contributed by atoms with Crippen molar-refractivity contribution in [2.75, 3.05) is 0 Å². The normalized spacial score (nSPS) is 16.4. The van der Waals surface area contributed by atoms with Gasteiger partial charge in [-0.3, -0.25) is 4.21 Å². The highest BCUT2D eigenvalue weighted by atomic mass is 32.2. The zero-order valence-corrected chi connectivity index (χ0v) is 21.1. The SMILES string of the molecule is Cc1ccc([S@](=O)[C]2[CH][CH][CH][C]2[C@H](O)c2ccccc2P(c2ccccc2)c2ccccc2)cc1. The smallest absolute Gasteiger partial charge is 0.0877 e. The molecule has 5 radical (unpaired) electrons. The summed E-state index contributed by atoms with van der Waals surface area (Å²) in [5, 5.41) is 15.9. The average Bonchev–Trinajstić information content (AvgIpc) is 3.40. The second-order valence-corrected chi connectivity index (χ2v) is 12.0. The van der Waals surface area contributed by atoms with Gasteiger partial charge in [-0.15, -0.1) is 0 Å². The van der Waals surface area contributed by atoms with Gasteiger partial charge < -0.3 is 5.11 Å². The lowest BCUT2D eigenvalue weighted by atomic mass is 9.94. The Bertz CT molecular complexity index is 1230. The molecule has 0 aromatic heterocycles. The standard InChI is InChI=1S/C31H26O2PS/c1-23-19-21-26(22-20-23)35(33)30-18-10-16-28(30)31(32)27-15-8-9-17-29(27)34(24-11-4-2-5-12-24)25-13-6-3-7-14-25/h2-22,31-32H,1H3/t31-,35+/m1/s1. The Morgan fingerprint density at radius 2 is 1.29 bits per heavy atom. The van der Waals surface area contributed by atoms with E-state index in [9.17, 15) is 9.32 Å². The summed E-state index contributed by atoms with van der Waals surface area (Å²) < 4.78 is 13.4. The van der Waals surface area contributed by atoms with Crippen molar-refractivity contribution in [3.63, 3.8) is 0 Å². The first-order valence-electron chi connectivity index (χ1n) is 11.5. The summed E-state index contributed by atoms with van der Waals surface area (Å²) in [5.41, 5.74) is 1.97. The molecule has 5 rings (SSSR count). The van der Waals surface area contributed by atoms with Crippen molar-refractivity contribution in [1.29, 1.82) is 0 Å². The predicted octanol–water partition coefficient (Wildman–Crippen LogP) is 5.33. The molecule has 1 fully saturated rings. The van der Waals surface area contributed by atoms with Crippen LogP contribution in [0.25, 0.3) is 0 Å². The summed E-state index contributed by atoms with van der Waals surface area (Å²) >= 11 is 0. The van der Waals surface area contributed by atoms with Gasteiger partial charge in [0.2, 0.25) is 0 Å². The van der Waals surface area contributed by atoms with Crippen molar-refractivity contribution in [1.82, 2.24) is 0 Å². The van der Waals surface area contributed by atoms with Crippen molar-refractivity contribution in [3.05, 3.63) is 151 Å². The fraction of sp³-hybridized carbons (Fsp3) is 0.0645. The Balaban J connectivity index is 1.52. The minimum absolute atomic E-state index is 0.653. The van der Waals surface area contributed by atoms with Gasteiger partial charge >= 0.3 is 0 Å². The first-order valence-corrected chi connectivity index (χ1v) is 14.0. The van der Waals surface area contributed by atoms with Gasteiger partial charge in [-0.05, 0) is 67.7 Å². The van der Waals surface area contributed by atoms with Crippen LogP contribution >= 0.6 is 7.92 Å². The minimum atomic E-state index is -1.37. The maximum atomic E-state index is 13.4. The van der Waals surface area contributed by atoms with Gasteiger partial charge in [-0.25, -0.2) is 0 Å². The molecule has 0 heterocycles. The molecule has 0 spiro atoms. The van der Waals surface area contributed by atoms with E-state index < -0.39 is 24.8 Å². The summed E-state index contributed by atoms with van der Waals surface area (Å²) in [5.74, 6) is 0.687. The monoisotopic (exact) mass is 493 g/mol. The van der Waals surface area contributed by atoms with Gasteiger partial charge in [0.15, 0.2) is 0 Å². The summed E-state index contributed by atoms with van der Waals surface area (Å²) in [6.07, 6.45) is 4.73. The minimum Gasteiger partial charge on any atom is -0.388 e. The lowest BCUT2D eigenvalue weighted by molar-refractivity contribution is 0.200. The molecule has 0 bridgehead atoms. The quantitative estimate of drug-likeness (QED) is 0.354. The third-order valence-corrected chi connectivity index (χ3v) is 10.0. The van der Waals surface area contributed by atoms with E-state index in [-0.39, 0.29) is 0 Å². The van der Waals surface area contributed by atoms with Crippen LogP contribution < -0.4 is 15.9 Å². The van der Waals surface area contributed by atoms with Crippen LogP contribution in [-0.4, -0.2) is 9.32 Å². The number of benzene rings is 4. The Morgan fingerprint density at radius 3 is 1.91 bits per heavy atom. The molecular formula is C31H26O2PS. The Kier molecular flexibility index (Phi) is 7.58. The van der Waals surface area contributed by atoms with E-state index in [2.05, 4.69) is 54.6 Å². The fourth-order valence-corrected chi connectivity index (χ4v) is 7.99. The van der Waals surface area contributed by atoms with E-state index in [1.54, 1.807) is 0 Å². The van der Waals surface area contributed by atoms with Gasteiger partial charge in [-0.1, -0.05) is 103 Å². The number of rotatable bonds is 7. The van der Waals surface area contributed by atoms with Crippen LogP contribution in [-0.2, 0) is 10.8 Å². The zero-order valence-electron chi connectivity index (χ0n) is 19.4. The first-order chi connectivity index (χ1) is 17.1. The second kappa shape index (κ2) is 11.0. The molecule has 0 amide bonds. The highest BCUT2D eigenvalue weighted by Gasteiger charge is 2.41. The van der Waals surface area contributed by atoms with Crippen molar-refractivity contribution in [2.24, 2.45) is 0 Å². The highest BCUT2D eigenvalue weighted by molar-refractivity contribution is 7.88. The number of aryl methyl sites for hydroxylation is 1. The third kappa shape index (κ3) is 5.19. The molecule has 4 aromatic carbocycles. The second-order valence-electron chi connectivity index (χ2n) is 8.40. The fourth-order valence-electron chi connectivity index (χ4n) is 4.27. The van der Waals surface area contributed by atoms with Crippen LogP contribution in [0.3, 0.4) is 0 Å². The van der Waals surface area contributed by atoms with E-state index in [0.29, 0.717) is 11.2 Å². The highest BCUT2D eigenvalue weighted by Crippen LogP contribution is 2.46. The van der Waals surface area contributed by atoms with Crippen molar-refractivity contribution in [3.8, 4) is 0 Å². The van der Waals surface area contributed by atoms with Gasteiger partial charge in [-0.2, -0.15) is 0 Å². The van der Waals surface area contributed by atoms with Gasteiger partial charge in [0.05, 0.1) is 22.2 Å². The number of hydrogen-bond acceptors (Lipinski definition) is 2. The molecule has 4 heteroatoms. The lowest BCUT2D eigenvalue weighted by Gasteiger charge is -2.28. The summed E-state index contributed by atoms with van der Waals surface area (Å²) in [6, 6.07) is 36.7. The van der Waals surface area contributed by atoms with E-state index in [4.69, 9.17) is 0 Å². The van der Waals surface area contributed by atoms with E-state index >= 15 is 0 Å². The van der Waals surface area contributed by atoms with Crippen LogP contribution in [0.1, 0.15) is 17.2 Å². The van der Waals surface area contributed by atoms with Gasteiger partial charge in [0.25, 0.3) is 0 Å². The molecular weight excluding hydrogens is 467 g/mol. The number of hydrogen-bond donors (Lipinski definition) is 1. The van der Waals surface area contributed by atoms with Crippen LogP contribution in [0.5, 0.6) is 0 Å². The van der Waals surface area contributed by atoms with E-state index in [0.717, 1.165) is 21.3 Å². The Labute approximate surface area is 212 Å². The molecule has 4 aromatic rings. The average molecular weight is 494 g/mol. The lowest BCUT2D eigenvalue weighted by Crippen LogP contribution is -2.27. The van der Waals surface area contributed by atoms with E-state index in [1.165, 1.54) is 10.6 Å². The molecule has 35 heavy (non-hydrogen) atoms. The molecule has 0 aliphatic heterocycles. The topological polar surface area (TPSA) is 37.3 Å². The maximum absolute atomic E-state index is 13.4. The summed E-state index contributed by atoms with van der Waals surface area (Å²) in [7, 11) is -2.26. The third-order valence-electron chi connectivity index (χ3n) is 6.04. The van der Waals surface area contributed by atoms with Crippen molar-refractivity contribution < 1.29 is 9.32 Å². The number of aliphatic hydroxyl groups excluding tert-OH is 1. The maximum Gasteiger partial charge on any atom is 0.0877 e. The predicted molar refractivity (Wildman–Crippen MR) is 147 cm³/mol. The molecule has 0 saturated heterocycles. The first kappa shape index (κ1) is 24.1. The molecule has 2 atom stereocenters. The summed E-state index contributed by atoms with van der Waals surface area (Å²) in [4.78, 5) is 0.736. The molecule has 1 N–H and O–H groups in total. The van der Waals surface area contributed by atoms with Crippen LogP contribution in [0.4, 0.5) is 0 Å². The van der Waals surface area contributed by atoms with Crippen LogP contribution in [0.15, 0.2) is 114 Å². The van der Waals surface area contributed by atoms with Gasteiger partial charge in [0.1, 0.15) is 0 Å². The Hall–Kier alpha value is -2.58. The molecule has 1 saturated carbocycles. The van der Waals surface area contributed by atoms with Gasteiger partial charge in [0, 0.05) is 10.8 Å². The zero-order chi connectivity index (χ0) is 24.2. The summed E-state index contributed by atoms with van der Waals surface area (Å²) in [6.45, 7) is 2.01. The van der Waals surface area contributed by atoms with E-state index in [1.807, 2.05) is 80.8 Å². The van der Waals surface area contributed by atoms with Crippen LogP contribution in [0.2, 0.25) is 0 Å². The molecule has 0 unspecified atom stereocenters. The molecule has 2 nitrogen and oxygen atoms in total. The largest absolute Gasteiger partial charge is 0.388 e. The van der Waals surface area contributed by atoms with Crippen LogP contribution in [0, 0.1) is 37.4 Å². The molecule has 173 valence electrons. The van der Waals surface area contributed by atoms with Crippen molar-refractivity contribution >= 4 is 34.6 Å².